The molecule has 5 N–H and O–H groups in total. The maximum Gasteiger partial charge on any atom is 0.325 e. The summed E-state index contributed by atoms with van der Waals surface area (Å²) < 4.78 is 4.47. The number of nitrogens with two attached hydrogens (primary N) is 1. The molecule has 1 aromatic rings. The number of ether oxygens (including phenoxy) is 1. The number of rotatable bonds is 3. The fourth-order valence-corrected chi connectivity index (χ4v) is 0.709. The van der Waals surface area contributed by atoms with Crippen LogP contribution in [0.5, 0.6) is 0 Å². The molecule has 1 unspecified atom stereocenters. The van der Waals surface area contributed by atoms with Gasteiger partial charge in [0.1, 0.15) is 6.04 Å². The first-order valence-electron chi connectivity index (χ1n) is 5.64. The fourth-order valence-electron chi connectivity index (χ4n) is 0.709. The highest BCUT2D eigenvalue weighted by Gasteiger charge is 2.11. The van der Waals surface area contributed by atoms with E-state index in [0.29, 0.717) is 6.61 Å². The highest BCUT2D eigenvalue weighted by Crippen LogP contribution is 1.82. The van der Waals surface area contributed by atoms with Crippen LogP contribution in [0.2, 0.25) is 0 Å². The molecule has 1 aromatic carbocycles. The lowest BCUT2D eigenvalue weighted by molar-refractivity contribution is -0.145. The molecule has 0 saturated carbocycles. The summed E-state index contributed by atoms with van der Waals surface area (Å²) >= 11 is 0. The molecule has 1 rings (SSSR count). The summed E-state index contributed by atoms with van der Waals surface area (Å²) in [6, 6.07) is 11.1. The summed E-state index contributed by atoms with van der Waals surface area (Å²) in [6.45, 7) is 1.62. The summed E-state index contributed by atoms with van der Waals surface area (Å²) in [5.41, 5.74) is 5.08. The Kier molecular flexibility index (Phi) is 26.0. The minimum atomic E-state index is -0.884. The minimum absolute atomic E-state index is 0.298. The zero-order valence-electron chi connectivity index (χ0n) is 11.7. The van der Waals surface area contributed by atoms with Gasteiger partial charge in [0, 0.05) is 14.2 Å². The molecule has 0 heterocycles. The van der Waals surface area contributed by atoms with Crippen LogP contribution in [0.25, 0.3) is 0 Å². The minimum Gasteiger partial charge on any atom is -0.465 e. The van der Waals surface area contributed by atoms with Crippen molar-refractivity contribution in [3.63, 3.8) is 0 Å². The smallest absolute Gasteiger partial charge is 0.325 e. The number of aliphatic hydroxyl groups excluding tert-OH is 3. The van der Waals surface area contributed by atoms with Crippen molar-refractivity contribution in [1.29, 1.82) is 0 Å². The SMILES string of the molecule is CCOC(=O)C(N)CO.CO.CO.c1ccccc1. The van der Waals surface area contributed by atoms with Gasteiger partial charge in [0.15, 0.2) is 0 Å². The standard InChI is InChI=1S/C6H6.C5H11NO3.2CH4O/c1-2-4-6-5-3-1;1-2-9-5(8)4(6)3-7;2*1-2/h1-6H;4,7H,2-3,6H2,1H3;2*2H,1H3. The Hall–Kier alpha value is -1.47. The van der Waals surface area contributed by atoms with Crippen LogP contribution < -0.4 is 5.73 Å². The van der Waals surface area contributed by atoms with Gasteiger partial charge in [-0.2, -0.15) is 0 Å². The first-order valence-corrected chi connectivity index (χ1v) is 5.64. The molecular weight excluding hydrogens is 250 g/mol. The van der Waals surface area contributed by atoms with E-state index in [1.807, 2.05) is 36.4 Å². The van der Waals surface area contributed by atoms with Crippen LogP contribution in [0.4, 0.5) is 0 Å². The topological polar surface area (TPSA) is 113 Å². The maximum absolute atomic E-state index is 10.5. The highest BCUT2D eigenvalue weighted by molar-refractivity contribution is 5.75. The quantitative estimate of drug-likeness (QED) is 0.567. The number of esters is 1. The Balaban J connectivity index is -0.000000221. The Morgan fingerprint density at radius 2 is 1.37 bits per heavy atom. The molecule has 6 nitrogen and oxygen atoms in total. The molecular formula is C13H25NO5. The van der Waals surface area contributed by atoms with Gasteiger partial charge in [0.05, 0.1) is 13.2 Å². The summed E-state index contributed by atoms with van der Waals surface area (Å²) in [7, 11) is 2.00. The molecule has 0 fully saturated rings. The van der Waals surface area contributed by atoms with Crippen LogP contribution in [0.1, 0.15) is 6.92 Å². The molecule has 0 aliphatic heterocycles. The van der Waals surface area contributed by atoms with E-state index in [4.69, 9.17) is 21.1 Å². The first kappa shape index (κ1) is 22.7. The normalized spacial score (nSPS) is 9.21. The molecule has 0 aromatic heterocycles. The fraction of sp³-hybridized carbons (Fsp3) is 0.462. The third-order valence-electron chi connectivity index (χ3n) is 1.45. The van der Waals surface area contributed by atoms with Crippen molar-refractivity contribution in [3.05, 3.63) is 36.4 Å². The zero-order chi connectivity index (χ0) is 15.5. The van der Waals surface area contributed by atoms with E-state index in [2.05, 4.69) is 4.74 Å². The molecule has 19 heavy (non-hydrogen) atoms. The molecule has 0 amide bonds. The lowest BCUT2D eigenvalue weighted by atomic mass is 10.3. The lowest BCUT2D eigenvalue weighted by Gasteiger charge is -2.05. The molecule has 0 aliphatic rings. The number of hydrogen-bond donors (Lipinski definition) is 4. The van der Waals surface area contributed by atoms with Crippen LogP contribution in [0.3, 0.4) is 0 Å². The second-order valence-corrected chi connectivity index (χ2v) is 2.70. The van der Waals surface area contributed by atoms with Crippen molar-refractivity contribution in [2.45, 2.75) is 13.0 Å². The van der Waals surface area contributed by atoms with Crippen LogP contribution >= 0.6 is 0 Å². The van der Waals surface area contributed by atoms with Gasteiger partial charge in [-0.3, -0.25) is 4.79 Å². The van der Waals surface area contributed by atoms with Gasteiger partial charge in [-0.1, -0.05) is 36.4 Å². The van der Waals surface area contributed by atoms with E-state index in [9.17, 15) is 4.79 Å². The van der Waals surface area contributed by atoms with Crippen molar-refractivity contribution >= 4 is 5.97 Å². The summed E-state index contributed by atoms with van der Waals surface area (Å²) in [5, 5.41) is 22.3. The summed E-state index contributed by atoms with van der Waals surface area (Å²) in [4.78, 5) is 10.5. The average Bonchev–Trinajstić information content (AvgIpc) is 2.53. The molecule has 0 spiro atoms. The van der Waals surface area contributed by atoms with E-state index in [1.54, 1.807) is 6.92 Å². The van der Waals surface area contributed by atoms with Crippen molar-refractivity contribution in [2.24, 2.45) is 5.73 Å². The molecule has 112 valence electrons. The maximum atomic E-state index is 10.5. The number of benzene rings is 1. The Morgan fingerprint density at radius 1 is 1.05 bits per heavy atom. The van der Waals surface area contributed by atoms with Gasteiger partial charge >= 0.3 is 5.97 Å². The molecule has 6 heteroatoms. The van der Waals surface area contributed by atoms with Crippen molar-refractivity contribution < 1.29 is 24.9 Å². The third kappa shape index (κ3) is 19.1. The third-order valence-corrected chi connectivity index (χ3v) is 1.45. The predicted molar refractivity (Wildman–Crippen MR) is 74.4 cm³/mol. The van der Waals surface area contributed by atoms with Crippen molar-refractivity contribution in [2.75, 3.05) is 27.4 Å². The van der Waals surface area contributed by atoms with Crippen molar-refractivity contribution in [1.82, 2.24) is 0 Å². The predicted octanol–water partition coefficient (Wildman–Crippen LogP) is -0.227. The number of carbonyl (C=O) groups excluding carboxylic acids is 1. The molecule has 1 atom stereocenters. The number of carbonyl (C=O) groups is 1. The number of aliphatic hydroxyl groups is 3. The van der Waals surface area contributed by atoms with Crippen LogP contribution in [-0.4, -0.2) is 54.8 Å². The zero-order valence-corrected chi connectivity index (χ0v) is 11.7. The Labute approximate surface area is 114 Å². The van der Waals surface area contributed by atoms with E-state index in [1.165, 1.54) is 0 Å². The second kappa shape index (κ2) is 21.8. The molecule has 0 bridgehead atoms. The van der Waals surface area contributed by atoms with E-state index in [0.717, 1.165) is 14.2 Å². The van der Waals surface area contributed by atoms with Crippen molar-refractivity contribution in [3.8, 4) is 0 Å². The highest BCUT2D eigenvalue weighted by atomic mass is 16.5. The van der Waals surface area contributed by atoms with Gasteiger partial charge in [-0.25, -0.2) is 0 Å². The summed E-state index contributed by atoms with van der Waals surface area (Å²) in [6.07, 6.45) is 0. The van der Waals surface area contributed by atoms with E-state index >= 15 is 0 Å². The number of hydrogen-bond acceptors (Lipinski definition) is 6. The van der Waals surface area contributed by atoms with Gasteiger partial charge in [0.25, 0.3) is 0 Å². The van der Waals surface area contributed by atoms with Crippen LogP contribution in [0.15, 0.2) is 36.4 Å². The van der Waals surface area contributed by atoms with E-state index in [-0.39, 0.29) is 6.61 Å². The summed E-state index contributed by atoms with van der Waals surface area (Å²) in [5.74, 6) is -0.556. The second-order valence-electron chi connectivity index (χ2n) is 2.70. The largest absolute Gasteiger partial charge is 0.465 e. The molecule has 0 radical (unpaired) electrons. The average molecular weight is 275 g/mol. The van der Waals surface area contributed by atoms with Gasteiger partial charge in [-0.15, -0.1) is 0 Å². The van der Waals surface area contributed by atoms with Gasteiger partial charge < -0.3 is 25.8 Å². The van der Waals surface area contributed by atoms with Crippen LogP contribution in [-0.2, 0) is 9.53 Å². The van der Waals surface area contributed by atoms with Gasteiger partial charge in [-0.05, 0) is 6.92 Å². The van der Waals surface area contributed by atoms with E-state index < -0.39 is 12.0 Å². The lowest BCUT2D eigenvalue weighted by Crippen LogP contribution is -2.35. The molecule has 0 aliphatic carbocycles. The van der Waals surface area contributed by atoms with Gasteiger partial charge in [0.2, 0.25) is 0 Å². The monoisotopic (exact) mass is 275 g/mol. The molecule has 0 saturated heterocycles. The van der Waals surface area contributed by atoms with Crippen LogP contribution in [0, 0.1) is 0 Å². The first-order chi connectivity index (χ1) is 9.22. The Morgan fingerprint density at radius 3 is 1.58 bits per heavy atom. The Bertz CT molecular complexity index is 230.